The minimum atomic E-state index is -3.07. The van der Waals surface area contributed by atoms with Crippen LogP contribution in [0.1, 0.15) is 25.0 Å². The molecule has 19 heavy (non-hydrogen) atoms. The zero-order valence-electron chi connectivity index (χ0n) is 10.7. The summed E-state index contributed by atoms with van der Waals surface area (Å²) in [6.45, 7) is 1.62. The normalized spacial score (nSPS) is 22.9. The van der Waals surface area contributed by atoms with Gasteiger partial charge in [-0.25, -0.2) is 8.42 Å². The topological polar surface area (TPSA) is 83.5 Å². The van der Waals surface area contributed by atoms with Crippen LogP contribution in [0.2, 0.25) is 0 Å². The van der Waals surface area contributed by atoms with Crippen molar-refractivity contribution in [1.29, 1.82) is 0 Å². The van der Waals surface area contributed by atoms with E-state index in [-0.39, 0.29) is 17.4 Å². The summed E-state index contributed by atoms with van der Waals surface area (Å²) < 4.78 is 22.7. The highest BCUT2D eigenvalue weighted by atomic mass is 32.2. The van der Waals surface area contributed by atoms with Crippen molar-refractivity contribution in [2.75, 3.05) is 16.8 Å². The number of sulfone groups is 1. The summed E-state index contributed by atoms with van der Waals surface area (Å²) in [7, 11) is -3.07. The molecule has 0 saturated carbocycles. The van der Waals surface area contributed by atoms with Crippen LogP contribution in [0.5, 0.6) is 0 Å². The molecule has 1 aromatic rings. The lowest BCUT2D eigenvalue weighted by molar-refractivity contribution is -0.119. The molecule has 2 N–H and O–H groups in total. The molecule has 0 bridgehead atoms. The fraction of sp³-hybridized carbons (Fsp3) is 0.462. The van der Waals surface area contributed by atoms with Gasteiger partial charge >= 0.3 is 0 Å². The molecule has 6 heteroatoms. The Morgan fingerprint density at radius 1 is 1.42 bits per heavy atom. The average Bonchev–Trinajstić information content (AvgIpc) is 2.70. The molecule has 0 aliphatic carbocycles. The number of para-hydroxylation sites is 1. The molecular formula is C13H17NO4S. The molecule has 2 atom stereocenters. The summed E-state index contributed by atoms with van der Waals surface area (Å²) in [6.07, 6.45) is -0.325. The van der Waals surface area contributed by atoms with Crippen molar-refractivity contribution >= 4 is 21.4 Å². The second kappa shape index (κ2) is 5.30. The van der Waals surface area contributed by atoms with Crippen LogP contribution in [-0.4, -0.2) is 30.9 Å². The number of benzene rings is 1. The van der Waals surface area contributed by atoms with Gasteiger partial charge in [0, 0.05) is 11.3 Å². The zero-order valence-corrected chi connectivity index (χ0v) is 11.5. The van der Waals surface area contributed by atoms with Crippen molar-refractivity contribution in [2.24, 2.45) is 5.92 Å². The van der Waals surface area contributed by atoms with Crippen LogP contribution in [0.4, 0.5) is 5.69 Å². The van der Waals surface area contributed by atoms with Crippen LogP contribution >= 0.6 is 0 Å². The van der Waals surface area contributed by atoms with Crippen molar-refractivity contribution in [1.82, 2.24) is 0 Å². The smallest absolute Gasteiger partial charge is 0.228 e. The third-order valence-electron chi connectivity index (χ3n) is 3.27. The van der Waals surface area contributed by atoms with Gasteiger partial charge in [0.25, 0.3) is 0 Å². The molecule has 1 fully saturated rings. The summed E-state index contributed by atoms with van der Waals surface area (Å²) in [5, 5.41) is 12.3. The zero-order chi connectivity index (χ0) is 14.0. The van der Waals surface area contributed by atoms with Gasteiger partial charge in [-0.3, -0.25) is 4.79 Å². The highest BCUT2D eigenvalue weighted by Gasteiger charge is 2.33. The van der Waals surface area contributed by atoms with Crippen LogP contribution in [0.3, 0.4) is 0 Å². The Hall–Kier alpha value is -1.40. The van der Waals surface area contributed by atoms with E-state index in [1.165, 1.54) is 0 Å². The molecule has 0 radical (unpaired) electrons. The largest absolute Gasteiger partial charge is 0.389 e. The summed E-state index contributed by atoms with van der Waals surface area (Å²) in [6, 6.07) is 6.96. The standard InChI is InChI=1S/C13H17NO4S/c1-9(15)11-4-2-3-5-12(11)14-13(16)10-6-7-19(17,18)8-10/h2-5,9-10,15H,6-8H2,1H3,(H,14,16). The van der Waals surface area contributed by atoms with Gasteiger partial charge in [-0.2, -0.15) is 0 Å². The van der Waals surface area contributed by atoms with Gasteiger partial charge < -0.3 is 10.4 Å². The Balaban J connectivity index is 2.12. The Labute approximate surface area is 112 Å². The lowest BCUT2D eigenvalue weighted by Gasteiger charge is -2.14. The number of carbonyl (C=O) groups is 1. The van der Waals surface area contributed by atoms with E-state index >= 15 is 0 Å². The summed E-state index contributed by atoms with van der Waals surface area (Å²) in [5.41, 5.74) is 1.16. The van der Waals surface area contributed by atoms with Crippen molar-refractivity contribution in [2.45, 2.75) is 19.4 Å². The van der Waals surface area contributed by atoms with Crippen LogP contribution in [0.15, 0.2) is 24.3 Å². The second-order valence-corrected chi connectivity index (χ2v) is 7.08. The van der Waals surface area contributed by atoms with Crippen LogP contribution in [-0.2, 0) is 14.6 Å². The number of aliphatic hydroxyl groups is 1. The second-order valence-electron chi connectivity index (χ2n) is 4.85. The molecule has 1 saturated heterocycles. The molecule has 1 heterocycles. The van der Waals surface area contributed by atoms with E-state index in [2.05, 4.69) is 5.32 Å². The first-order valence-corrected chi connectivity index (χ1v) is 7.99. The van der Waals surface area contributed by atoms with Gasteiger partial charge in [0.15, 0.2) is 9.84 Å². The van der Waals surface area contributed by atoms with Gasteiger partial charge in [-0.15, -0.1) is 0 Å². The first kappa shape index (κ1) is 14.0. The summed E-state index contributed by atoms with van der Waals surface area (Å²) >= 11 is 0. The number of nitrogens with one attached hydrogen (secondary N) is 1. The molecule has 2 rings (SSSR count). The third-order valence-corrected chi connectivity index (χ3v) is 5.04. The fourth-order valence-electron chi connectivity index (χ4n) is 2.21. The van der Waals surface area contributed by atoms with E-state index in [4.69, 9.17) is 0 Å². The van der Waals surface area contributed by atoms with Crippen LogP contribution < -0.4 is 5.32 Å². The molecule has 0 spiro atoms. The highest BCUT2D eigenvalue weighted by Crippen LogP contribution is 2.25. The third kappa shape index (κ3) is 3.33. The Morgan fingerprint density at radius 3 is 2.68 bits per heavy atom. The van der Waals surface area contributed by atoms with Crippen molar-refractivity contribution in [3.63, 3.8) is 0 Å². The van der Waals surface area contributed by atoms with Crippen molar-refractivity contribution in [3.8, 4) is 0 Å². The fourth-order valence-corrected chi connectivity index (χ4v) is 3.95. The lowest BCUT2D eigenvalue weighted by Crippen LogP contribution is -2.24. The molecule has 0 aromatic heterocycles. The first-order chi connectivity index (χ1) is 8.89. The van der Waals surface area contributed by atoms with Gasteiger partial charge in [0.05, 0.1) is 23.5 Å². The quantitative estimate of drug-likeness (QED) is 0.870. The SMILES string of the molecule is CC(O)c1ccccc1NC(=O)C1CCS(=O)(=O)C1. The lowest BCUT2D eigenvalue weighted by atomic mass is 10.1. The summed E-state index contributed by atoms with van der Waals surface area (Å²) in [5.74, 6) is -0.806. The molecule has 104 valence electrons. The first-order valence-electron chi connectivity index (χ1n) is 6.17. The Kier molecular flexibility index (Phi) is 3.91. The van der Waals surface area contributed by atoms with E-state index in [1.54, 1.807) is 31.2 Å². The minimum absolute atomic E-state index is 0.0726. The maximum Gasteiger partial charge on any atom is 0.228 e. The van der Waals surface area contributed by atoms with Gasteiger partial charge in [-0.1, -0.05) is 18.2 Å². The monoisotopic (exact) mass is 283 g/mol. The number of rotatable bonds is 3. The van der Waals surface area contributed by atoms with E-state index in [0.717, 1.165) is 0 Å². The van der Waals surface area contributed by atoms with E-state index in [1.807, 2.05) is 0 Å². The van der Waals surface area contributed by atoms with Crippen LogP contribution in [0.25, 0.3) is 0 Å². The average molecular weight is 283 g/mol. The maximum atomic E-state index is 12.0. The highest BCUT2D eigenvalue weighted by molar-refractivity contribution is 7.91. The van der Waals surface area contributed by atoms with E-state index < -0.39 is 21.9 Å². The summed E-state index contributed by atoms with van der Waals surface area (Å²) in [4.78, 5) is 12.0. The number of hydrogen-bond acceptors (Lipinski definition) is 4. The van der Waals surface area contributed by atoms with Gasteiger partial charge in [-0.05, 0) is 19.4 Å². The van der Waals surface area contributed by atoms with E-state index in [0.29, 0.717) is 17.7 Å². The molecule has 2 unspecified atom stereocenters. The molecule has 1 amide bonds. The number of aliphatic hydroxyl groups excluding tert-OH is 1. The molecular weight excluding hydrogens is 266 g/mol. The van der Waals surface area contributed by atoms with Gasteiger partial charge in [0.1, 0.15) is 0 Å². The minimum Gasteiger partial charge on any atom is -0.389 e. The number of carbonyl (C=O) groups excluding carboxylic acids is 1. The number of anilines is 1. The molecule has 1 aromatic carbocycles. The van der Waals surface area contributed by atoms with Crippen LogP contribution in [0, 0.1) is 5.92 Å². The Bertz CT molecular complexity index is 580. The maximum absolute atomic E-state index is 12.0. The number of hydrogen-bond donors (Lipinski definition) is 2. The molecule has 1 aliphatic rings. The van der Waals surface area contributed by atoms with Crippen molar-refractivity contribution < 1.29 is 18.3 Å². The van der Waals surface area contributed by atoms with Gasteiger partial charge in [0.2, 0.25) is 5.91 Å². The van der Waals surface area contributed by atoms with E-state index in [9.17, 15) is 18.3 Å². The predicted octanol–water partition coefficient (Wildman–Crippen LogP) is 1.11. The predicted molar refractivity (Wildman–Crippen MR) is 72.5 cm³/mol. The molecule has 5 nitrogen and oxygen atoms in total. The number of amides is 1. The van der Waals surface area contributed by atoms with Crippen molar-refractivity contribution in [3.05, 3.63) is 29.8 Å². The Morgan fingerprint density at radius 2 is 2.11 bits per heavy atom. The molecule has 1 aliphatic heterocycles.